The minimum atomic E-state index is -0.528. The molecule has 4 nitrogen and oxygen atoms in total. The fourth-order valence-electron chi connectivity index (χ4n) is 2.64. The van der Waals surface area contributed by atoms with Crippen LogP contribution in [-0.4, -0.2) is 24.0 Å². The lowest BCUT2D eigenvalue weighted by molar-refractivity contribution is 0.102. The van der Waals surface area contributed by atoms with Crippen molar-refractivity contribution < 1.29 is 9.18 Å². The average molecular weight is 299 g/mol. The van der Waals surface area contributed by atoms with E-state index in [-0.39, 0.29) is 5.56 Å². The van der Waals surface area contributed by atoms with E-state index in [4.69, 9.17) is 0 Å². The number of rotatable bonds is 3. The zero-order valence-corrected chi connectivity index (χ0v) is 12.5. The van der Waals surface area contributed by atoms with Crippen molar-refractivity contribution in [2.75, 3.05) is 23.3 Å². The number of aryl methyl sites for hydroxylation is 1. The molecular formula is C17H18FN3O. The Hall–Kier alpha value is -2.43. The van der Waals surface area contributed by atoms with Crippen molar-refractivity contribution in [2.24, 2.45) is 0 Å². The van der Waals surface area contributed by atoms with Gasteiger partial charge in [0.1, 0.15) is 11.6 Å². The molecule has 1 aliphatic heterocycles. The quantitative estimate of drug-likeness (QED) is 0.945. The molecule has 0 saturated carbocycles. The number of halogens is 1. The summed E-state index contributed by atoms with van der Waals surface area (Å²) in [6.07, 6.45) is 2.37. The van der Waals surface area contributed by atoms with Crippen molar-refractivity contribution in [2.45, 2.75) is 19.8 Å². The second-order valence-corrected chi connectivity index (χ2v) is 5.43. The number of nitrogens with one attached hydrogen (secondary N) is 1. The van der Waals surface area contributed by atoms with Crippen LogP contribution in [0.5, 0.6) is 0 Å². The Kier molecular flexibility index (Phi) is 4.04. The molecular weight excluding hydrogens is 281 g/mol. The predicted molar refractivity (Wildman–Crippen MR) is 84.8 cm³/mol. The fourth-order valence-corrected chi connectivity index (χ4v) is 2.64. The predicted octanol–water partition coefficient (Wildman–Crippen LogP) is 3.38. The second-order valence-electron chi connectivity index (χ2n) is 5.43. The van der Waals surface area contributed by atoms with Crippen molar-refractivity contribution in [1.82, 2.24) is 4.98 Å². The van der Waals surface area contributed by atoms with Gasteiger partial charge in [-0.1, -0.05) is 12.1 Å². The first-order valence-corrected chi connectivity index (χ1v) is 7.43. The molecule has 114 valence electrons. The molecule has 1 aliphatic rings. The summed E-state index contributed by atoms with van der Waals surface area (Å²) in [5.41, 5.74) is 1.37. The van der Waals surface area contributed by atoms with Crippen molar-refractivity contribution >= 4 is 17.4 Å². The lowest BCUT2D eigenvalue weighted by Crippen LogP contribution is -2.20. The molecule has 0 atom stereocenters. The number of carbonyl (C=O) groups is 1. The molecule has 1 aromatic carbocycles. The first-order valence-electron chi connectivity index (χ1n) is 7.43. The van der Waals surface area contributed by atoms with Gasteiger partial charge in [-0.25, -0.2) is 9.37 Å². The summed E-state index contributed by atoms with van der Waals surface area (Å²) in [4.78, 5) is 18.9. The van der Waals surface area contributed by atoms with E-state index in [1.807, 2.05) is 19.1 Å². The first-order chi connectivity index (χ1) is 10.6. The fraction of sp³-hybridized carbons (Fsp3) is 0.294. The minimum Gasteiger partial charge on any atom is -0.357 e. The van der Waals surface area contributed by atoms with E-state index < -0.39 is 11.7 Å². The van der Waals surface area contributed by atoms with Crippen molar-refractivity contribution in [1.29, 1.82) is 0 Å². The molecule has 0 radical (unpaired) electrons. The van der Waals surface area contributed by atoms with E-state index in [9.17, 15) is 9.18 Å². The highest BCUT2D eigenvalue weighted by molar-refractivity contribution is 6.04. The Morgan fingerprint density at radius 3 is 2.59 bits per heavy atom. The Morgan fingerprint density at radius 1 is 1.18 bits per heavy atom. The highest BCUT2D eigenvalue weighted by Gasteiger charge is 2.16. The van der Waals surface area contributed by atoms with E-state index in [0.29, 0.717) is 5.69 Å². The molecule has 1 N–H and O–H groups in total. The number of aromatic nitrogens is 1. The van der Waals surface area contributed by atoms with Crippen LogP contribution >= 0.6 is 0 Å². The molecule has 2 heterocycles. The first kappa shape index (κ1) is 14.5. The molecule has 0 bridgehead atoms. The number of nitrogens with zero attached hydrogens (tertiary/aromatic N) is 2. The zero-order chi connectivity index (χ0) is 15.5. The Bertz CT molecular complexity index is 696. The number of hydrogen-bond donors (Lipinski definition) is 1. The molecule has 1 aromatic heterocycles. The summed E-state index contributed by atoms with van der Waals surface area (Å²) in [7, 11) is 0. The van der Waals surface area contributed by atoms with E-state index in [1.54, 1.807) is 12.1 Å². The molecule has 5 heteroatoms. The number of anilines is 2. The van der Waals surface area contributed by atoms with E-state index in [2.05, 4.69) is 15.2 Å². The van der Waals surface area contributed by atoms with E-state index >= 15 is 0 Å². The highest BCUT2D eigenvalue weighted by atomic mass is 19.1. The maximum absolute atomic E-state index is 13.6. The van der Waals surface area contributed by atoms with Crippen LogP contribution in [0.3, 0.4) is 0 Å². The molecule has 2 aromatic rings. The van der Waals surface area contributed by atoms with E-state index in [1.165, 1.54) is 25.0 Å². The van der Waals surface area contributed by atoms with Crippen LogP contribution in [0.15, 0.2) is 36.4 Å². The van der Waals surface area contributed by atoms with Gasteiger partial charge in [0.25, 0.3) is 5.91 Å². The third-order valence-electron chi connectivity index (χ3n) is 3.87. The normalized spacial score (nSPS) is 14.2. The molecule has 1 fully saturated rings. The molecule has 0 unspecified atom stereocenters. The summed E-state index contributed by atoms with van der Waals surface area (Å²) in [5.74, 6) is -0.0601. The standard InChI is InChI=1S/C17H18FN3O/c1-12-15(8-9-16(19-12)21-10-4-5-11-21)20-17(22)13-6-2-3-7-14(13)18/h2-3,6-9H,4-5,10-11H2,1H3,(H,20,22). The average Bonchev–Trinajstić information content (AvgIpc) is 3.04. The Balaban J connectivity index is 1.78. The van der Waals surface area contributed by atoms with Crippen LogP contribution in [0.2, 0.25) is 0 Å². The van der Waals surface area contributed by atoms with Gasteiger partial charge in [-0.05, 0) is 44.0 Å². The van der Waals surface area contributed by atoms with Crippen LogP contribution in [0.25, 0.3) is 0 Å². The lowest BCUT2D eigenvalue weighted by atomic mass is 10.2. The summed E-state index contributed by atoms with van der Waals surface area (Å²) in [6, 6.07) is 9.66. The van der Waals surface area contributed by atoms with E-state index in [0.717, 1.165) is 24.6 Å². The number of benzene rings is 1. The lowest BCUT2D eigenvalue weighted by Gasteiger charge is -2.18. The molecule has 3 rings (SSSR count). The van der Waals surface area contributed by atoms with Gasteiger partial charge in [0.05, 0.1) is 16.9 Å². The Morgan fingerprint density at radius 2 is 1.91 bits per heavy atom. The molecule has 0 aliphatic carbocycles. The SMILES string of the molecule is Cc1nc(N2CCCC2)ccc1NC(=O)c1ccccc1F. The second kappa shape index (κ2) is 6.13. The smallest absolute Gasteiger partial charge is 0.258 e. The third-order valence-corrected chi connectivity index (χ3v) is 3.87. The highest BCUT2D eigenvalue weighted by Crippen LogP contribution is 2.22. The van der Waals surface area contributed by atoms with Crippen molar-refractivity contribution in [3.05, 3.63) is 53.5 Å². The van der Waals surface area contributed by atoms with Gasteiger partial charge in [0.2, 0.25) is 0 Å². The topological polar surface area (TPSA) is 45.2 Å². The van der Waals surface area contributed by atoms with Crippen molar-refractivity contribution in [3.63, 3.8) is 0 Å². The zero-order valence-electron chi connectivity index (χ0n) is 12.5. The number of hydrogen-bond acceptors (Lipinski definition) is 3. The summed E-state index contributed by atoms with van der Waals surface area (Å²) < 4.78 is 13.6. The van der Waals surface area contributed by atoms with Crippen LogP contribution in [-0.2, 0) is 0 Å². The van der Waals surface area contributed by atoms with Crippen molar-refractivity contribution in [3.8, 4) is 0 Å². The number of carbonyl (C=O) groups excluding carboxylic acids is 1. The van der Waals surface area contributed by atoms with Crippen LogP contribution in [0, 0.1) is 12.7 Å². The van der Waals surface area contributed by atoms with Gasteiger partial charge in [-0.2, -0.15) is 0 Å². The third kappa shape index (κ3) is 2.93. The monoisotopic (exact) mass is 299 g/mol. The number of amides is 1. The number of pyridine rings is 1. The summed E-state index contributed by atoms with van der Waals surface area (Å²) >= 11 is 0. The van der Waals surface area contributed by atoms with Gasteiger partial charge in [0, 0.05) is 13.1 Å². The minimum absolute atomic E-state index is 0.0329. The maximum atomic E-state index is 13.6. The largest absolute Gasteiger partial charge is 0.357 e. The van der Waals surface area contributed by atoms with Crippen LogP contribution in [0.1, 0.15) is 28.9 Å². The summed E-state index contributed by atoms with van der Waals surface area (Å²) in [5, 5.41) is 2.73. The van der Waals surface area contributed by atoms with Gasteiger partial charge in [-0.15, -0.1) is 0 Å². The maximum Gasteiger partial charge on any atom is 0.258 e. The van der Waals surface area contributed by atoms with Gasteiger partial charge >= 0.3 is 0 Å². The molecule has 1 saturated heterocycles. The van der Waals surface area contributed by atoms with Gasteiger partial charge < -0.3 is 10.2 Å². The molecule has 0 spiro atoms. The van der Waals surface area contributed by atoms with Gasteiger partial charge in [-0.3, -0.25) is 4.79 Å². The van der Waals surface area contributed by atoms with Gasteiger partial charge in [0.15, 0.2) is 0 Å². The van der Waals surface area contributed by atoms with Crippen LogP contribution in [0.4, 0.5) is 15.9 Å². The Labute approximate surface area is 129 Å². The van der Waals surface area contributed by atoms with Crippen LogP contribution < -0.4 is 10.2 Å². The molecule has 22 heavy (non-hydrogen) atoms. The molecule has 1 amide bonds. The summed E-state index contributed by atoms with van der Waals surface area (Å²) in [6.45, 7) is 3.89.